The lowest BCUT2D eigenvalue weighted by Gasteiger charge is -2.01. The number of cyclic esters (lactones) is 1. The monoisotopic (exact) mass is 359 g/mol. The summed E-state index contributed by atoms with van der Waals surface area (Å²) in [7, 11) is 1.60. The third-order valence-corrected chi connectivity index (χ3v) is 4.10. The van der Waals surface area contributed by atoms with Crippen molar-refractivity contribution in [1.29, 1.82) is 0 Å². The standard InChI is InChI=1S/C21H17N3O3/c1-26-18-9-7-17(8-10-18)20-23-19(21(25)27-20)11-16-12-22-24(14-16)13-15-5-3-2-4-6-15/h2-12,14H,13H2,1H3/b19-11-. The van der Waals surface area contributed by atoms with Gasteiger partial charge in [0.2, 0.25) is 5.90 Å². The minimum absolute atomic E-state index is 0.250. The molecule has 6 nitrogen and oxygen atoms in total. The zero-order valence-electron chi connectivity index (χ0n) is 14.7. The maximum Gasteiger partial charge on any atom is 0.363 e. The van der Waals surface area contributed by atoms with Crippen molar-refractivity contribution in [3.05, 3.63) is 89.4 Å². The Morgan fingerprint density at radius 2 is 1.89 bits per heavy atom. The summed E-state index contributed by atoms with van der Waals surface area (Å²) in [4.78, 5) is 16.4. The molecule has 1 aliphatic heterocycles. The Hall–Kier alpha value is -3.67. The predicted octanol–water partition coefficient (Wildman–Crippen LogP) is 3.28. The molecule has 0 bridgehead atoms. The van der Waals surface area contributed by atoms with E-state index in [-0.39, 0.29) is 11.6 Å². The van der Waals surface area contributed by atoms with Gasteiger partial charge in [-0.2, -0.15) is 5.10 Å². The number of hydrogen-bond donors (Lipinski definition) is 0. The van der Waals surface area contributed by atoms with Crippen LogP contribution in [0.25, 0.3) is 6.08 Å². The first-order valence-corrected chi connectivity index (χ1v) is 8.44. The number of ether oxygens (including phenoxy) is 2. The van der Waals surface area contributed by atoms with E-state index in [0.29, 0.717) is 12.1 Å². The highest BCUT2D eigenvalue weighted by molar-refractivity contribution is 6.12. The van der Waals surface area contributed by atoms with Gasteiger partial charge in [0.25, 0.3) is 0 Å². The molecule has 3 aromatic rings. The van der Waals surface area contributed by atoms with Gasteiger partial charge in [-0.15, -0.1) is 0 Å². The van der Waals surface area contributed by atoms with Crippen molar-refractivity contribution in [2.24, 2.45) is 4.99 Å². The molecule has 0 saturated heterocycles. The van der Waals surface area contributed by atoms with Crippen LogP contribution >= 0.6 is 0 Å². The van der Waals surface area contributed by atoms with Gasteiger partial charge in [-0.05, 0) is 35.9 Å². The summed E-state index contributed by atoms with van der Waals surface area (Å²) in [6, 6.07) is 17.2. The highest BCUT2D eigenvalue weighted by Gasteiger charge is 2.24. The Morgan fingerprint density at radius 1 is 1.11 bits per heavy atom. The molecule has 0 fully saturated rings. The highest BCUT2D eigenvalue weighted by Crippen LogP contribution is 2.20. The number of nitrogens with zero attached hydrogens (tertiary/aromatic N) is 3. The molecule has 0 unspecified atom stereocenters. The molecule has 1 aliphatic rings. The van der Waals surface area contributed by atoms with Crippen LogP contribution in [0.2, 0.25) is 0 Å². The molecule has 6 heteroatoms. The third-order valence-electron chi connectivity index (χ3n) is 4.10. The second kappa shape index (κ2) is 7.29. The number of benzene rings is 2. The summed E-state index contributed by atoms with van der Waals surface area (Å²) in [5, 5.41) is 4.33. The molecule has 0 amide bonds. The molecule has 2 heterocycles. The molecule has 27 heavy (non-hydrogen) atoms. The molecule has 0 N–H and O–H groups in total. The van der Waals surface area contributed by atoms with Crippen LogP contribution in [0.15, 0.2) is 77.7 Å². The number of carbonyl (C=O) groups excluding carboxylic acids is 1. The van der Waals surface area contributed by atoms with Crippen molar-refractivity contribution in [3.63, 3.8) is 0 Å². The van der Waals surface area contributed by atoms with E-state index in [9.17, 15) is 4.79 Å². The van der Waals surface area contributed by atoms with Crippen molar-refractivity contribution < 1.29 is 14.3 Å². The number of carbonyl (C=O) groups is 1. The zero-order chi connectivity index (χ0) is 18.6. The summed E-state index contributed by atoms with van der Waals surface area (Å²) in [6.07, 6.45) is 5.24. The predicted molar refractivity (Wildman–Crippen MR) is 101 cm³/mol. The second-order valence-electron chi connectivity index (χ2n) is 6.02. The van der Waals surface area contributed by atoms with E-state index < -0.39 is 5.97 Å². The van der Waals surface area contributed by atoms with Crippen molar-refractivity contribution in [2.45, 2.75) is 6.54 Å². The highest BCUT2D eigenvalue weighted by atomic mass is 16.6. The Bertz CT molecular complexity index is 1020. The SMILES string of the molecule is COc1ccc(C2=N/C(=C\c3cnn(Cc4ccccc4)c3)C(=O)O2)cc1. The lowest BCUT2D eigenvalue weighted by molar-refractivity contribution is -0.129. The molecule has 0 atom stereocenters. The molecule has 0 saturated carbocycles. The van der Waals surface area contributed by atoms with E-state index in [4.69, 9.17) is 9.47 Å². The van der Waals surface area contributed by atoms with E-state index in [1.807, 2.05) is 41.2 Å². The fraction of sp³-hybridized carbons (Fsp3) is 0.0952. The van der Waals surface area contributed by atoms with Crippen molar-refractivity contribution >= 4 is 17.9 Å². The first kappa shape index (κ1) is 16.8. The van der Waals surface area contributed by atoms with Gasteiger partial charge < -0.3 is 9.47 Å². The van der Waals surface area contributed by atoms with Gasteiger partial charge in [-0.1, -0.05) is 30.3 Å². The number of methoxy groups -OCH3 is 1. The van der Waals surface area contributed by atoms with E-state index in [1.54, 1.807) is 43.6 Å². The largest absolute Gasteiger partial charge is 0.497 e. The molecule has 0 spiro atoms. The number of hydrogen-bond acceptors (Lipinski definition) is 5. The summed E-state index contributed by atoms with van der Waals surface area (Å²) in [5.74, 6) is 0.535. The summed E-state index contributed by atoms with van der Waals surface area (Å²) >= 11 is 0. The number of aromatic nitrogens is 2. The van der Waals surface area contributed by atoms with Crippen molar-refractivity contribution in [3.8, 4) is 5.75 Å². The van der Waals surface area contributed by atoms with Crippen LogP contribution in [-0.2, 0) is 16.1 Å². The Kier molecular flexibility index (Phi) is 4.53. The Balaban J connectivity index is 1.53. The lowest BCUT2D eigenvalue weighted by Crippen LogP contribution is -2.05. The normalized spacial score (nSPS) is 14.9. The van der Waals surface area contributed by atoms with Crippen LogP contribution in [0, 0.1) is 0 Å². The average Bonchev–Trinajstić information content (AvgIpc) is 3.29. The molecule has 4 rings (SSSR count). The second-order valence-corrected chi connectivity index (χ2v) is 6.02. The van der Waals surface area contributed by atoms with Gasteiger partial charge in [0.15, 0.2) is 5.70 Å². The van der Waals surface area contributed by atoms with Crippen LogP contribution in [-0.4, -0.2) is 28.8 Å². The van der Waals surface area contributed by atoms with E-state index in [2.05, 4.69) is 10.1 Å². The van der Waals surface area contributed by atoms with Gasteiger partial charge in [-0.25, -0.2) is 9.79 Å². The van der Waals surface area contributed by atoms with Gasteiger partial charge >= 0.3 is 5.97 Å². The molecule has 134 valence electrons. The van der Waals surface area contributed by atoms with Crippen LogP contribution in [0.4, 0.5) is 0 Å². The van der Waals surface area contributed by atoms with Crippen LogP contribution in [0.3, 0.4) is 0 Å². The van der Waals surface area contributed by atoms with Gasteiger partial charge in [-0.3, -0.25) is 4.68 Å². The minimum Gasteiger partial charge on any atom is -0.497 e. The lowest BCUT2D eigenvalue weighted by atomic mass is 10.2. The Morgan fingerprint density at radius 3 is 2.63 bits per heavy atom. The summed E-state index contributed by atoms with van der Waals surface area (Å²) < 4.78 is 12.2. The number of rotatable bonds is 5. The van der Waals surface area contributed by atoms with Crippen LogP contribution < -0.4 is 4.74 Å². The quantitative estimate of drug-likeness (QED) is 0.518. The van der Waals surface area contributed by atoms with Gasteiger partial charge in [0.05, 0.1) is 19.9 Å². The van der Waals surface area contributed by atoms with Crippen molar-refractivity contribution in [1.82, 2.24) is 9.78 Å². The molecular weight excluding hydrogens is 342 g/mol. The van der Waals surface area contributed by atoms with E-state index >= 15 is 0 Å². The van der Waals surface area contributed by atoms with Gasteiger partial charge in [0, 0.05) is 17.3 Å². The first-order chi connectivity index (χ1) is 13.2. The topological polar surface area (TPSA) is 65.7 Å². The number of aliphatic imine (C=N–C) groups is 1. The maximum absolute atomic E-state index is 12.1. The molecule has 2 aromatic carbocycles. The first-order valence-electron chi connectivity index (χ1n) is 8.44. The number of esters is 1. The summed E-state index contributed by atoms with van der Waals surface area (Å²) in [6.45, 7) is 0.662. The third kappa shape index (κ3) is 3.79. The smallest absolute Gasteiger partial charge is 0.363 e. The summed E-state index contributed by atoms with van der Waals surface area (Å²) in [5.41, 5.74) is 2.91. The van der Waals surface area contributed by atoms with Crippen LogP contribution in [0.1, 0.15) is 16.7 Å². The van der Waals surface area contributed by atoms with E-state index in [1.165, 1.54) is 0 Å². The average molecular weight is 359 g/mol. The Labute approximate surface area is 156 Å². The van der Waals surface area contributed by atoms with Gasteiger partial charge in [0.1, 0.15) is 5.75 Å². The molecule has 0 aliphatic carbocycles. The minimum atomic E-state index is -0.475. The fourth-order valence-corrected chi connectivity index (χ4v) is 2.74. The molecule has 1 aromatic heterocycles. The molecular formula is C21H17N3O3. The van der Waals surface area contributed by atoms with Crippen molar-refractivity contribution in [2.75, 3.05) is 7.11 Å². The van der Waals surface area contributed by atoms with E-state index in [0.717, 1.165) is 16.9 Å². The van der Waals surface area contributed by atoms with Crippen LogP contribution in [0.5, 0.6) is 5.75 Å². The fourth-order valence-electron chi connectivity index (χ4n) is 2.74. The molecule has 0 radical (unpaired) electrons. The maximum atomic E-state index is 12.1. The zero-order valence-corrected chi connectivity index (χ0v) is 14.7.